The Labute approximate surface area is 168 Å². The smallest absolute Gasteiger partial charge is 0.276 e. The maximum Gasteiger partial charge on any atom is 0.276 e. The van der Waals surface area contributed by atoms with Gasteiger partial charge in [-0.1, -0.05) is 36.4 Å². The average Bonchev–Trinajstić information content (AvgIpc) is 2.67. The van der Waals surface area contributed by atoms with Crippen molar-refractivity contribution in [1.82, 2.24) is 9.78 Å². The van der Waals surface area contributed by atoms with Crippen LogP contribution in [0.1, 0.15) is 35.0 Å². The molecular formula is C22H23N3O2S. The molecule has 0 unspecified atom stereocenters. The zero-order valence-corrected chi connectivity index (χ0v) is 17.0. The van der Waals surface area contributed by atoms with Crippen LogP contribution in [0.15, 0.2) is 69.2 Å². The van der Waals surface area contributed by atoms with Gasteiger partial charge in [0.1, 0.15) is 5.69 Å². The molecule has 0 fully saturated rings. The van der Waals surface area contributed by atoms with E-state index in [4.69, 9.17) is 0 Å². The van der Waals surface area contributed by atoms with E-state index >= 15 is 0 Å². The van der Waals surface area contributed by atoms with Crippen LogP contribution in [0.5, 0.6) is 0 Å². The van der Waals surface area contributed by atoms with Crippen molar-refractivity contribution >= 4 is 23.4 Å². The largest absolute Gasteiger partial charge is 0.321 e. The molecule has 1 N–H and O–H groups in total. The van der Waals surface area contributed by atoms with Gasteiger partial charge < -0.3 is 5.32 Å². The Morgan fingerprint density at radius 1 is 1.07 bits per heavy atom. The van der Waals surface area contributed by atoms with Crippen LogP contribution in [0, 0.1) is 13.8 Å². The van der Waals surface area contributed by atoms with E-state index in [0.29, 0.717) is 12.2 Å². The molecule has 28 heavy (non-hydrogen) atoms. The quantitative estimate of drug-likeness (QED) is 0.661. The molecule has 0 spiro atoms. The number of hydrogen-bond donors (Lipinski definition) is 1. The summed E-state index contributed by atoms with van der Waals surface area (Å²) in [6.07, 6.45) is 0.775. The van der Waals surface area contributed by atoms with Gasteiger partial charge in [-0.15, -0.1) is 0 Å². The Hall–Kier alpha value is -2.86. The SMILES string of the molecule is CCCn1nc(C(=O)Nc2ccc(Sc3ccc(C)cc3C)cc2)ccc1=O. The minimum atomic E-state index is -0.334. The summed E-state index contributed by atoms with van der Waals surface area (Å²) in [5.41, 5.74) is 3.20. The minimum Gasteiger partial charge on any atom is -0.321 e. The van der Waals surface area contributed by atoms with Crippen molar-refractivity contribution in [1.29, 1.82) is 0 Å². The Kier molecular flexibility index (Phi) is 6.31. The van der Waals surface area contributed by atoms with Gasteiger partial charge >= 0.3 is 0 Å². The molecule has 1 aromatic heterocycles. The second kappa shape index (κ2) is 8.89. The molecule has 2 aromatic carbocycles. The van der Waals surface area contributed by atoms with Crippen molar-refractivity contribution in [3.8, 4) is 0 Å². The van der Waals surface area contributed by atoms with Crippen molar-refractivity contribution in [2.24, 2.45) is 0 Å². The molecule has 6 heteroatoms. The number of aromatic nitrogens is 2. The lowest BCUT2D eigenvalue weighted by Crippen LogP contribution is -2.26. The normalized spacial score (nSPS) is 10.7. The second-order valence-electron chi connectivity index (χ2n) is 6.63. The van der Waals surface area contributed by atoms with Crippen LogP contribution in [0.4, 0.5) is 5.69 Å². The van der Waals surface area contributed by atoms with Crippen LogP contribution in [-0.4, -0.2) is 15.7 Å². The number of nitrogens with one attached hydrogen (secondary N) is 1. The third kappa shape index (κ3) is 4.89. The summed E-state index contributed by atoms with van der Waals surface area (Å²) in [6, 6.07) is 16.9. The number of nitrogens with zero attached hydrogens (tertiary/aromatic N) is 2. The summed E-state index contributed by atoms with van der Waals surface area (Å²) in [6.45, 7) is 6.64. The van der Waals surface area contributed by atoms with Crippen LogP contribution in [0.3, 0.4) is 0 Å². The summed E-state index contributed by atoms with van der Waals surface area (Å²) in [5, 5.41) is 6.97. The topological polar surface area (TPSA) is 64.0 Å². The molecule has 0 aliphatic carbocycles. The Morgan fingerprint density at radius 3 is 2.50 bits per heavy atom. The molecule has 0 aliphatic heterocycles. The Bertz CT molecular complexity index is 1040. The molecule has 0 bridgehead atoms. The lowest BCUT2D eigenvalue weighted by atomic mass is 10.2. The van der Waals surface area contributed by atoms with Crippen molar-refractivity contribution < 1.29 is 4.79 Å². The van der Waals surface area contributed by atoms with Crippen LogP contribution in [0.2, 0.25) is 0 Å². The number of carbonyl (C=O) groups excluding carboxylic acids is 1. The number of amides is 1. The van der Waals surface area contributed by atoms with Crippen LogP contribution >= 0.6 is 11.8 Å². The molecule has 5 nitrogen and oxygen atoms in total. The van der Waals surface area contributed by atoms with Gasteiger partial charge in [0.25, 0.3) is 11.5 Å². The summed E-state index contributed by atoms with van der Waals surface area (Å²) in [4.78, 5) is 26.5. The lowest BCUT2D eigenvalue weighted by Gasteiger charge is -2.09. The molecule has 0 aliphatic rings. The van der Waals surface area contributed by atoms with Gasteiger partial charge in [-0.2, -0.15) is 5.10 Å². The molecule has 0 radical (unpaired) electrons. The monoisotopic (exact) mass is 393 g/mol. The first kappa shape index (κ1) is 19.9. The highest BCUT2D eigenvalue weighted by Gasteiger charge is 2.10. The van der Waals surface area contributed by atoms with Gasteiger partial charge in [0.2, 0.25) is 0 Å². The number of aryl methyl sites for hydroxylation is 3. The molecule has 3 rings (SSSR count). The van der Waals surface area contributed by atoms with E-state index in [0.717, 1.165) is 11.3 Å². The fourth-order valence-corrected chi connectivity index (χ4v) is 3.67. The Morgan fingerprint density at radius 2 is 1.82 bits per heavy atom. The summed E-state index contributed by atoms with van der Waals surface area (Å²) in [7, 11) is 0. The molecule has 3 aromatic rings. The van der Waals surface area contributed by atoms with Gasteiger partial charge in [-0.3, -0.25) is 9.59 Å². The molecular weight excluding hydrogens is 370 g/mol. The highest BCUT2D eigenvalue weighted by Crippen LogP contribution is 2.31. The number of hydrogen-bond acceptors (Lipinski definition) is 4. The second-order valence-corrected chi connectivity index (χ2v) is 7.74. The predicted octanol–water partition coefficient (Wildman–Crippen LogP) is 4.67. The fourth-order valence-electron chi connectivity index (χ4n) is 2.78. The van der Waals surface area contributed by atoms with Crippen molar-refractivity contribution in [2.75, 3.05) is 5.32 Å². The van der Waals surface area contributed by atoms with Crippen LogP contribution < -0.4 is 10.9 Å². The van der Waals surface area contributed by atoms with E-state index in [1.54, 1.807) is 11.8 Å². The molecule has 0 atom stereocenters. The van der Waals surface area contributed by atoms with Crippen LogP contribution in [0.25, 0.3) is 0 Å². The summed E-state index contributed by atoms with van der Waals surface area (Å²) < 4.78 is 1.32. The maximum absolute atomic E-state index is 12.4. The zero-order chi connectivity index (χ0) is 20.1. The fraction of sp³-hybridized carbons (Fsp3) is 0.227. The molecule has 0 saturated heterocycles. The van der Waals surface area contributed by atoms with E-state index in [1.165, 1.54) is 32.8 Å². The van der Waals surface area contributed by atoms with E-state index in [-0.39, 0.29) is 17.2 Å². The predicted molar refractivity (Wildman–Crippen MR) is 113 cm³/mol. The van der Waals surface area contributed by atoms with Gasteiger partial charge in [0.05, 0.1) is 0 Å². The number of benzene rings is 2. The standard InChI is InChI=1S/C22H23N3O2S/c1-4-13-25-21(26)12-10-19(24-25)22(27)23-17-6-8-18(9-7-17)28-20-11-5-15(2)14-16(20)3/h5-12,14H,4,13H2,1-3H3,(H,23,27). The molecule has 1 heterocycles. The maximum atomic E-state index is 12.4. The number of rotatable bonds is 6. The lowest BCUT2D eigenvalue weighted by molar-refractivity contribution is 0.101. The van der Waals surface area contributed by atoms with Crippen molar-refractivity contribution in [3.05, 3.63) is 81.8 Å². The Balaban J connectivity index is 1.69. The highest BCUT2D eigenvalue weighted by atomic mass is 32.2. The zero-order valence-electron chi connectivity index (χ0n) is 16.2. The summed E-state index contributed by atoms with van der Waals surface area (Å²) >= 11 is 1.69. The average molecular weight is 394 g/mol. The minimum absolute atomic E-state index is 0.203. The highest BCUT2D eigenvalue weighted by molar-refractivity contribution is 7.99. The third-order valence-electron chi connectivity index (χ3n) is 4.21. The first-order valence-corrected chi connectivity index (χ1v) is 10.0. The number of anilines is 1. The van der Waals surface area contributed by atoms with E-state index in [9.17, 15) is 9.59 Å². The first-order valence-electron chi connectivity index (χ1n) is 9.21. The first-order chi connectivity index (χ1) is 13.5. The van der Waals surface area contributed by atoms with E-state index in [1.807, 2.05) is 31.2 Å². The van der Waals surface area contributed by atoms with Gasteiger partial charge in [0.15, 0.2) is 0 Å². The van der Waals surface area contributed by atoms with E-state index in [2.05, 4.69) is 42.5 Å². The van der Waals surface area contributed by atoms with Gasteiger partial charge in [0, 0.05) is 28.1 Å². The van der Waals surface area contributed by atoms with E-state index < -0.39 is 0 Å². The third-order valence-corrected chi connectivity index (χ3v) is 5.39. The molecule has 0 saturated carbocycles. The molecule has 1 amide bonds. The van der Waals surface area contributed by atoms with Gasteiger partial charge in [-0.05, 0) is 62.2 Å². The van der Waals surface area contributed by atoms with Crippen molar-refractivity contribution in [2.45, 2.75) is 43.5 Å². The van der Waals surface area contributed by atoms with Gasteiger partial charge in [-0.25, -0.2) is 4.68 Å². The summed E-state index contributed by atoms with van der Waals surface area (Å²) in [5.74, 6) is -0.334. The van der Waals surface area contributed by atoms with Crippen molar-refractivity contribution in [3.63, 3.8) is 0 Å². The molecule has 144 valence electrons. The number of carbonyl (C=O) groups is 1. The van der Waals surface area contributed by atoms with Crippen LogP contribution in [-0.2, 0) is 6.54 Å².